The second-order valence-corrected chi connectivity index (χ2v) is 4.16. The molecule has 0 aliphatic rings. The van der Waals surface area contributed by atoms with Crippen LogP contribution in [-0.4, -0.2) is 46.5 Å². The largest absolute Gasteiger partial charge is 0.286 e. The fourth-order valence-electron chi connectivity index (χ4n) is 0.457. The van der Waals surface area contributed by atoms with Crippen molar-refractivity contribution in [2.24, 2.45) is 0 Å². The summed E-state index contributed by atoms with van der Waals surface area (Å²) in [6, 6.07) is 0. The van der Waals surface area contributed by atoms with Gasteiger partial charge in [0.25, 0.3) is 5.91 Å². The lowest BCUT2D eigenvalue weighted by Gasteiger charge is -2.08. The number of hydrogen-bond donors (Lipinski definition) is 2. The van der Waals surface area contributed by atoms with Gasteiger partial charge in [-0.1, -0.05) is 39.0 Å². The van der Waals surface area contributed by atoms with Crippen LogP contribution in [-0.2, 0) is 9.59 Å². The second-order valence-electron chi connectivity index (χ2n) is 4.16. The zero-order valence-corrected chi connectivity index (χ0v) is 15.8. The summed E-state index contributed by atoms with van der Waals surface area (Å²) in [6.45, 7) is 14.6. The second kappa shape index (κ2) is 22.6. The molecule has 23 heavy (non-hydrogen) atoms. The molecular formula is C17H38N2O4. The first kappa shape index (κ1) is 33.1. The van der Waals surface area contributed by atoms with Crippen molar-refractivity contribution < 1.29 is 20.0 Å². The van der Waals surface area contributed by atoms with E-state index in [4.69, 9.17) is 10.4 Å². The van der Waals surface area contributed by atoms with E-state index in [0.717, 1.165) is 5.57 Å². The smallest absolute Gasteiger partial charge is 0.272 e. The Morgan fingerprint density at radius 2 is 1.09 bits per heavy atom. The first-order chi connectivity index (χ1) is 10.0. The quantitative estimate of drug-likeness (QED) is 0.324. The van der Waals surface area contributed by atoms with Gasteiger partial charge in [-0.05, 0) is 34.6 Å². The van der Waals surface area contributed by atoms with Crippen LogP contribution < -0.4 is 0 Å². The molecule has 0 atom stereocenters. The molecule has 0 aliphatic carbocycles. The van der Waals surface area contributed by atoms with E-state index in [2.05, 4.69) is 0 Å². The third kappa shape index (κ3) is 29.1. The summed E-state index contributed by atoms with van der Waals surface area (Å²) in [6.07, 6.45) is 4.00. The van der Waals surface area contributed by atoms with Gasteiger partial charge >= 0.3 is 0 Å². The molecule has 0 rings (SSSR count). The summed E-state index contributed by atoms with van der Waals surface area (Å²) in [5.41, 5.74) is 1.51. The van der Waals surface area contributed by atoms with Gasteiger partial charge < -0.3 is 0 Å². The predicted molar refractivity (Wildman–Crippen MR) is 97.4 cm³/mol. The molecule has 0 spiro atoms. The van der Waals surface area contributed by atoms with E-state index in [-0.39, 0.29) is 19.2 Å². The predicted octanol–water partition coefficient (Wildman–Crippen LogP) is 4.29. The monoisotopic (exact) mass is 334 g/mol. The summed E-state index contributed by atoms with van der Waals surface area (Å²) in [5.74, 6) is -0.699. The third-order valence-electron chi connectivity index (χ3n) is 2.15. The molecule has 0 fully saturated rings. The van der Waals surface area contributed by atoms with Crippen molar-refractivity contribution in [2.75, 3.05) is 14.1 Å². The summed E-state index contributed by atoms with van der Waals surface area (Å²) in [4.78, 5) is 20.7. The molecule has 0 saturated carbocycles. The summed E-state index contributed by atoms with van der Waals surface area (Å²) in [5, 5.41) is 17.9. The maximum absolute atomic E-state index is 10.9. The van der Waals surface area contributed by atoms with Crippen LogP contribution in [0.5, 0.6) is 0 Å². The average molecular weight is 335 g/mol. The van der Waals surface area contributed by atoms with Crippen molar-refractivity contribution in [3.8, 4) is 0 Å². The normalized spacial score (nSPS) is 7.83. The molecule has 0 unspecified atom stereocenters. The number of carbonyl (C=O) groups excluding carboxylic acids is 2. The number of carbonyl (C=O) groups is 2. The molecule has 0 heterocycles. The minimum atomic E-state index is -0.352. The van der Waals surface area contributed by atoms with Crippen LogP contribution in [0.1, 0.15) is 62.8 Å². The van der Waals surface area contributed by atoms with Crippen LogP contribution in [0.2, 0.25) is 0 Å². The molecular weight excluding hydrogens is 296 g/mol. The van der Waals surface area contributed by atoms with E-state index in [1.165, 1.54) is 21.0 Å². The van der Waals surface area contributed by atoms with Crippen molar-refractivity contribution >= 4 is 11.8 Å². The number of rotatable bonds is 1. The van der Waals surface area contributed by atoms with Gasteiger partial charge in [-0.2, -0.15) is 0 Å². The molecule has 0 aromatic heterocycles. The topological polar surface area (TPSA) is 81.1 Å². The standard InChI is InChI=1S/C7H13NO2.C4H8.C3H7NO2.C2H6.CH4/c1-5(2)6(3)7(9)8(4)10;1-3-4-2;1-3(5)4(2)6;1-2;/h10H,1-4H3;3-4H,1-2H3;6H,1-2H3;1-2H3;1H4/b;4-3-;;;. The maximum Gasteiger partial charge on any atom is 0.272 e. The van der Waals surface area contributed by atoms with Gasteiger partial charge in [0, 0.05) is 26.6 Å². The first-order valence-corrected chi connectivity index (χ1v) is 7.14. The molecule has 2 N–H and O–H groups in total. The van der Waals surface area contributed by atoms with Gasteiger partial charge in [-0.3, -0.25) is 20.0 Å². The lowest BCUT2D eigenvalue weighted by atomic mass is 10.2. The number of nitrogens with zero attached hydrogens (tertiary/aromatic N) is 2. The maximum atomic E-state index is 10.9. The molecule has 140 valence electrons. The van der Waals surface area contributed by atoms with Crippen LogP contribution in [0.25, 0.3) is 0 Å². The zero-order valence-electron chi connectivity index (χ0n) is 15.8. The molecule has 0 aromatic carbocycles. The minimum Gasteiger partial charge on any atom is -0.286 e. The van der Waals surface area contributed by atoms with Crippen LogP contribution in [0.3, 0.4) is 0 Å². The van der Waals surface area contributed by atoms with Crippen LogP contribution in [0.4, 0.5) is 0 Å². The van der Waals surface area contributed by atoms with Gasteiger partial charge in [-0.25, -0.2) is 10.1 Å². The van der Waals surface area contributed by atoms with E-state index >= 15 is 0 Å². The van der Waals surface area contributed by atoms with Gasteiger partial charge in [0.05, 0.1) is 0 Å². The van der Waals surface area contributed by atoms with Crippen molar-refractivity contribution in [2.45, 2.75) is 62.8 Å². The van der Waals surface area contributed by atoms with Gasteiger partial charge in [-0.15, -0.1) is 0 Å². The van der Waals surface area contributed by atoms with Crippen molar-refractivity contribution in [3.05, 3.63) is 23.3 Å². The molecule has 2 amide bonds. The lowest BCUT2D eigenvalue weighted by Crippen LogP contribution is -2.23. The minimum absolute atomic E-state index is 0. The number of hydroxylamine groups is 4. The number of allylic oxidation sites excluding steroid dienone is 3. The van der Waals surface area contributed by atoms with Crippen LogP contribution in [0, 0.1) is 0 Å². The molecule has 6 heteroatoms. The van der Waals surface area contributed by atoms with E-state index < -0.39 is 0 Å². The highest BCUT2D eigenvalue weighted by molar-refractivity contribution is 5.92. The Kier molecular flexibility index (Phi) is 32.5. The molecule has 6 nitrogen and oxygen atoms in total. The Bertz CT molecular complexity index is 339. The summed E-state index contributed by atoms with van der Waals surface area (Å²) < 4.78 is 0. The third-order valence-corrected chi connectivity index (χ3v) is 2.15. The number of hydrogen-bond acceptors (Lipinski definition) is 4. The van der Waals surface area contributed by atoms with E-state index in [0.29, 0.717) is 15.7 Å². The van der Waals surface area contributed by atoms with Gasteiger partial charge in [0.15, 0.2) is 0 Å². The van der Waals surface area contributed by atoms with Gasteiger partial charge in [0.2, 0.25) is 5.91 Å². The fraction of sp³-hybridized carbons (Fsp3) is 0.647. The number of amides is 2. The molecule has 0 radical (unpaired) electrons. The molecule has 0 bridgehead atoms. The Morgan fingerprint density at radius 1 is 0.826 bits per heavy atom. The van der Waals surface area contributed by atoms with Crippen LogP contribution >= 0.6 is 0 Å². The SMILES string of the molecule is C.C/C=C\C.CC.CC(=O)N(C)O.CC(C)=C(C)C(=O)N(C)O. The lowest BCUT2D eigenvalue weighted by molar-refractivity contribution is -0.156. The highest BCUT2D eigenvalue weighted by Gasteiger charge is 2.08. The first-order valence-electron chi connectivity index (χ1n) is 7.14. The van der Waals surface area contributed by atoms with Crippen molar-refractivity contribution in [1.29, 1.82) is 0 Å². The summed E-state index contributed by atoms with van der Waals surface area (Å²) >= 11 is 0. The highest BCUT2D eigenvalue weighted by atomic mass is 16.5. The Morgan fingerprint density at radius 3 is 1.13 bits per heavy atom. The highest BCUT2D eigenvalue weighted by Crippen LogP contribution is 2.03. The van der Waals surface area contributed by atoms with E-state index in [1.54, 1.807) is 6.92 Å². The summed E-state index contributed by atoms with van der Waals surface area (Å²) in [7, 11) is 2.59. The zero-order chi connectivity index (χ0) is 18.9. The van der Waals surface area contributed by atoms with Crippen molar-refractivity contribution in [1.82, 2.24) is 10.1 Å². The Balaban J connectivity index is -0.0000000715. The molecule has 0 aromatic rings. The van der Waals surface area contributed by atoms with Gasteiger partial charge in [0.1, 0.15) is 0 Å². The molecule has 0 aliphatic heterocycles. The Hall–Kier alpha value is -1.66. The van der Waals surface area contributed by atoms with E-state index in [1.807, 2.05) is 53.7 Å². The van der Waals surface area contributed by atoms with Crippen molar-refractivity contribution in [3.63, 3.8) is 0 Å². The Labute approximate surface area is 143 Å². The van der Waals surface area contributed by atoms with Crippen LogP contribution in [0.15, 0.2) is 23.3 Å². The average Bonchev–Trinajstić information content (AvgIpc) is 2.48. The number of likely N-dealkylation sites (N-methyl/N-ethyl adjacent to an activating group) is 1. The van der Waals surface area contributed by atoms with E-state index in [9.17, 15) is 9.59 Å². The molecule has 0 saturated heterocycles. The fourth-order valence-corrected chi connectivity index (χ4v) is 0.457.